The first-order valence-corrected chi connectivity index (χ1v) is 6.62. The zero-order valence-corrected chi connectivity index (χ0v) is 11.5. The van der Waals surface area contributed by atoms with Crippen LogP contribution in [-0.4, -0.2) is 24.6 Å². The molecule has 0 aromatic heterocycles. The van der Waals surface area contributed by atoms with E-state index in [0.717, 1.165) is 11.3 Å². The van der Waals surface area contributed by atoms with Crippen LogP contribution in [0.1, 0.15) is 18.9 Å². The highest BCUT2D eigenvalue weighted by atomic mass is 16.7. The number of ketones is 1. The third-order valence-corrected chi connectivity index (χ3v) is 3.33. The summed E-state index contributed by atoms with van der Waals surface area (Å²) in [6, 6.07) is 5.57. The zero-order chi connectivity index (χ0) is 14.8. The topological polar surface area (TPSA) is 61.8 Å². The molecule has 0 bridgehead atoms. The van der Waals surface area contributed by atoms with Crippen molar-refractivity contribution in [1.82, 2.24) is 0 Å². The molecule has 108 valence electrons. The molecule has 5 nitrogen and oxygen atoms in total. The van der Waals surface area contributed by atoms with Gasteiger partial charge in [0.25, 0.3) is 0 Å². The molecular formula is C16H14O5. The molecular weight excluding hydrogens is 272 g/mol. The summed E-state index contributed by atoms with van der Waals surface area (Å²) in [7, 11) is 0. The molecule has 2 aliphatic rings. The van der Waals surface area contributed by atoms with Crippen molar-refractivity contribution in [3.05, 3.63) is 41.5 Å². The molecule has 1 aromatic rings. The van der Waals surface area contributed by atoms with Gasteiger partial charge < -0.3 is 14.2 Å². The van der Waals surface area contributed by atoms with Crippen molar-refractivity contribution >= 4 is 17.8 Å². The normalized spacial score (nSPS) is 20.3. The molecule has 0 fully saturated rings. The monoisotopic (exact) mass is 286 g/mol. The number of Topliss-reactive ketones (excluding diaryl/α,β-unsaturated/α-hetero) is 1. The lowest BCUT2D eigenvalue weighted by molar-refractivity contribution is -0.142. The highest BCUT2D eigenvalue weighted by molar-refractivity contribution is 6.00. The number of carbonyl (C=O) groups is 2. The van der Waals surface area contributed by atoms with Crippen LogP contribution in [0.2, 0.25) is 0 Å². The van der Waals surface area contributed by atoms with Gasteiger partial charge in [-0.05, 0) is 30.7 Å². The van der Waals surface area contributed by atoms with Crippen LogP contribution >= 0.6 is 0 Å². The summed E-state index contributed by atoms with van der Waals surface area (Å²) in [5, 5.41) is 0. The van der Waals surface area contributed by atoms with Gasteiger partial charge >= 0.3 is 5.97 Å². The molecule has 21 heavy (non-hydrogen) atoms. The van der Waals surface area contributed by atoms with Gasteiger partial charge in [0.05, 0.1) is 0 Å². The molecule has 2 heterocycles. The summed E-state index contributed by atoms with van der Waals surface area (Å²) in [6.07, 6.45) is 4.84. The quantitative estimate of drug-likeness (QED) is 0.798. The molecule has 1 atom stereocenters. The Bertz CT molecular complexity index is 657. The van der Waals surface area contributed by atoms with Crippen molar-refractivity contribution in [3.63, 3.8) is 0 Å². The fourth-order valence-corrected chi connectivity index (χ4v) is 2.23. The number of cyclic esters (lactones) is 1. The Morgan fingerprint density at radius 1 is 1.29 bits per heavy atom. The average Bonchev–Trinajstić information content (AvgIpc) is 2.92. The molecule has 0 saturated carbocycles. The van der Waals surface area contributed by atoms with E-state index >= 15 is 0 Å². The lowest BCUT2D eigenvalue weighted by Gasteiger charge is -2.19. The first-order valence-electron chi connectivity index (χ1n) is 6.62. The van der Waals surface area contributed by atoms with E-state index in [0.29, 0.717) is 17.7 Å². The van der Waals surface area contributed by atoms with Crippen LogP contribution in [0, 0.1) is 0 Å². The fourth-order valence-electron chi connectivity index (χ4n) is 2.23. The van der Waals surface area contributed by atoms with Crippen LogP contribution in [0.5, 0.6) is 11.5 Å². The summed E-state index contributed by atoms with van der Waals surface area (Å²) in [5.74, 6) is 0.833. The predicted octanol–water partition coefficient (Wildman–Crippen LogP) is 2.26. The molecule has 0 N–H and O–H groups in total. The molecule has 1 aromatic carbocycles. The molecule has 0 saturated heterocycles. The van der Waals surface area contributed by atoms with Gasteiger partial charge in [-0.1, -0.05) is 12.1 Å². The Morgan fingerprint density at radius 2 is 2.10 bits per heavy atom. The van der Waals surface area contributed by atoms with Crippen molar-refractivity contribution in [2.24, 2.45) is 0 Å². The Morgan fingerprint density at radius 3 is 2.90 bits per heavy atom. The molecule has 5 heteroatoms. The van der Waals surface area contributed by atoms with Crippen molar-refractivity contribution in [2.75, 3.05) is 6.79 Å². The maximum Gasteiger partial charge on any atom is 0.331 e. The third-order valence-electron chi connectivity index (χ3n) is 3.33. The zero-order valence-electron chi connectivity index (χ0n) is 11.5. The Kier molecular flexibility index (Phi) is 3.48. The van der Waals surface area contributed by atoms with Gasteiger partial charge in [-0.3, -0.25) is 4.79 Å². The molecule has 2 aliphatic heterocycles. The van der Waals surface area contributed by atoms with Gasteiger partial charge in [0.1, 0.15) is 6.10 Å². The molecule has 0 amide bonds. The molecule has 0 spiro atoms. The summed E-state index contributed by atoms with van der Waals surface area (Å²) in [5.41, 5.74) is 1.40. The average molecular weight is 286 g/mol. The number of benzene rings is 1. The third kappa shape index (κ3) is 2.97. The van der Waals surface area contributed by atoms with E-state index in [9.17, 15) is 9.59 Å². The highest BCUT2D eigenvalue weighted by Gasteiger charge is 2.21. The molecule has 1 unspecified atom stereocenters. The Labute approximate surface area is 121 Å². The number of rotatable bonds is 3. The van der Waals surface area contributed by atoms with E-state index in [1.807, 2.05) is 24.3 Å². The largest absolute Gasteiger partial charge is 0.455 e. The van der Waals surface area contributed by atoms with E-state index in [2.05, 4.69) is 0 Å². The number of carbonyl (C=O) groups excluding carboxylic acids is 2. The first-order chi connectivity index (χ1) is 10.1. The summed E-state index contributed by atoms with van der Waals surface area (Å²) < 4.78 is 15.7. The minimum absolute atomic E-state index is 0.104. The minimum atomic E-state index is -0.480. The fraction of sp³-hybridized carbons (Fsp3) is 0.250. The number of hydrogen-bond donors (Lipinski definition) is 0. The van der Waals surface area contributed by atoms with E-state index in [4.69, 9.17) is 14.2 Å². The van der Waals surface area contributed by atoms with Gasteiger partial charge in [0.2, 0.25) is 6.79 Å². The maximum absolute atomic E-state index is 11.4. The second kappa shape index (κ2) is 5.44. The first kappa shape index (κ1) is 13.4. The van der Waals surface area contributed by atoms with Gasteiger partial charge in [0, 0.05) is 18.1 Å². The Balaban J connectivity index is 1.73. The number of esters is 1. The van der Waals surface area contributed by atoms with Gasteiger partial charge in [-0.25, -0.2) is 4.79 Å². The van der Waals surface area contributed by atoms with Crippen molar-refractivity contribution in [3.8, 4) is 11.5 Å². The van der Waals surface area contributed by atoms with Crippen LogP contribution < -0.4 is 9.47 Å². The molecule has 0 radical (unpaired) electrons. The number of fused-ring (bicyclic) bond motifs is 1. The van der Waals surface area contributed by atoms with Crippen LogP contribution in [-0.2, 0) is 14.3 Å². The summed E-state index contributed by atoms with van der Waals surface area (Å²) in [4.78, 5) is 22.8. The van der Waals surface area contributed by atoms with E-state index in [-0.39, 0.29) is 12.6 Å². The Hall–Kier alpha value is -2.56. The smallest absolute Gasteiger partial charge is 0.331 e. The standard InChI is InChI=1S/C16H14O5/c1-10(17)12-7-13(21-16(18)8-12)4-2-11-3-5-14-15(6-11)20-9-19-14/h2-6,8,13H,7,9H2,1H3. The maximum atomic E-state index is 11.4. The lowest BCUT2D eigenvalue weighted by Crippen LogP contribution is -2.22. The van der Waals surface area contributed by atoms with E-state index < -0.39 is 12.1 Å². The van der Waals surface area contributed by atoms with E-state index in [1.165, 1.54) is 13.0 Å². The second-order valence-corrected chi connectivity index (χ2v) is 4.88. The summed E-state index contributed by atoms with van der Waals surface area (Å²) >= 11 is 0. The van der Waals surface area contributed by atoms with Gasteiger partial charge in [0.15, 0.2) is 17.3 Å². The SMILES string of the molecule is CC(=O)C1=CC(=O)OC(C=Cc2ccc3c(c2)OCO3)C1. The van der Waals surface area contributed by atoms with Crippen molar-refractivity contribution in [2.45, 2.75) is 19.4 Å². The summed E-state index contributed by atoms with van der Waals surface area (Å²) in [6.45, 7) is 1.68. The van der Waals surface area contributed by atoms with Crippen LogP contribution in [0.15, 0.2) is 35.9 Å². The molecule has 0 aliphatic carbocycles. The van der Waals surface area contributed by atoms with Crippen LogP contribution in [0.3, 0.4) is 0 Å². The highest BCUT2D eigenvalue weighted by Crippen LogP contribution is 2.33. The number of hydrogen-bond acceptors (Lipinski definition) is 5. The second-order valence-electron chi connectivity index (χ2n) is 4.88. The van der Waals surface area contributed by atoms with Crippen molar-refractivity contribution in [1.29, 1.82) is 0 Å². The van der Waals surface area contributed by atoms with Gasteiger partial charge in [-0.15, -0.1) is 0 Å². The van der Waals surface area contributed by atoms with Crippen LogP contribution in [0.25, 0.3) is 6.08 Å². The lowest BCUT2D eigenvalue weighted by atomic mass is 10.0. The van der Waals surface area contributed by atoms with Gasteiger partial charge in [-0.2, -0.15) is 0 Å². The minimum Gasteiger partial charge on any atom is -0.455 e. The van der Waals surface area contributed by atoms with Crippen LogP contribution in [0.4, 0.5) is 0 Å². The number of ether oxygens (including phenoxy) is 3. The van der Waals surface area contributed by atoms with E-state index in [1.54, 1.807) is 6.08 Å². The predicted molar refractivity (Wildman–Crippen MR) is 74.9 cm³/mol. The molecule has 3 rings (SSSR count). The van der Waals surface area contributed by atoms with Crippen molar-refractivity contribution < 1.29 is 23.8 Å².